The van der Waals surface area contributed by atoms with Crippen molar-refractivity contribution in [3.05, 3.63) is 45.8 Å². The topological polar surface area (TPSA) is 56.7 Å². The lowest BCUT2D eigenvalue weighted by atomic mass is 10.3. The van der Waals surface area contributed by atoms with E-state index in [1.165, 1.54) is 12.1 Å². The molecule has 0 fully saturated rings. The zero-order valence-corrected chi connectivity index (χ0v) is 11.8. The van der Waals surface area contributed by atoms with E-state index in [2.05, 4.69) is 25.9 Å². The zero-order valence-electron chi connectivity index (χ0n) is 9.44. The summed E-state index contributed by atoms with van der Waals surface area (Å²) in [5.41, 5.74) is 7.63. The van der Waals surface area contributed by atoms with Gasteiger partial charge < -0.3 is 5.73 Å². The molecule has 0 aliphatic carbocycles. The Kier molecular flexibility index (Phi) is 2.91. The van der Waals surface area contributed by atoms with Gasteiger partial charge in [0.1, 0.15) is 11.3 Å². The maximum absolute atomic E-state index is 13.3. The molecule has 0 saturated heterocycles. The summed E-state index contributed by atoms with van der Waals surface area (Å²) in [5, 5.41) is 0.225. The average molecular weight is 342 g/mol. The van der Waals surface area contributed by atoms with Gasteiger partial charge in [-0.25, -0.2) is 14.4 Å². The monoisotopic (exact) mass is 340 g/mol. The Bertz CT molecular complexity index is 763. The van der Waals surface area contributed by atoms with Crippen LogP contribution in [0.2, 0.25) is 5.02 Å². The van der Waals surface area contributed by atoms with E-state index in [0.717, 1.165) is 0 Å². The average Bonchev–Trinajstić information content (AvgIpc) is 2.65. The highest BCUT2D eigenvalue weighted by atomic mass is 79.9. The minimum Gasteiger partial charge on any atom is -0.369 e. The summed E-state index contributed by atoms with van der Waals surface area (Å²) in [5.74, 6) is -0.195. The van der Waals surface area contributed by atoms with Crippen molar-refractivity contribution in [3.63, 3.8) is 0 Å². The van der Waals surface area contributed by atoms with Gasteiger partial charge in [-0.05, 0) is 40.2 Å². The van der Waals surface area contributed by atoms with Crippen LogP contribution in [0.15, 0.2) is 34.9 Å². The molecule has 2 N–H and O–H groups in total. The molecule has 7 heteroatoms. The van der Waals surface area contributed by atoms with Crippen molar-refractivity contribution >= 4 is 44.6 Å². The minimum atomic E-state index is -0.434. The van der Waals surface area contributed by atoms with E-state index in [-0.39, 0.29) is 11.0 Å². The number of halogens is 3. The van der Waals surface area contributed by atoms with Gasteiger partial charge in [0, 0.05) is 10.7 Å². The van der Waals surface area contributed by atoms with E-state index in [4.69, 9.17) is 17.3 Å². The van der Waals surface area contributed by atoms with Gasteiger partial charge in [0.2, 0.25) is 5.95 Å². The number of nitrogens with zero attached hydrogens (tertiary/aromatic N) is 3. The van der Waals surface area contributed by atoms with Crippen LogP contribution >= 0.6 is 27.5 Å². The summed E-state index contributed by atoms with van der Waals surface area (Å²) < 4.78 is 15.3. The van der Waals surface area contributed by atoms with Crippen LogP contribution in [0.1, 0.15) is 0 Å². The summed E-state index contributed by atoms with van der Waals surface area (Å²) in [6, 6.07) is 6.09. The number of nitrogen functional groups attached to an aromatic ring is 1. The summed E-state index contributed by atoms with van der Waals surface area (Å²) >= 11 is 9.38. The largest absolute Gasteiger partial charge is 0.369 e. The van der Waals surface area contributed by atoms with Gasteiger partial charge in [0.05, 0.1) is 10.7 Å². The fraction of sp³-hybridized carbons (Fsp3) is 0. The van der Waals surface area contributed by atoms with Crippen LogP contribution in [-0.2, 0) is 0 Å². The Balaban J connectivity index is 2.40. The van der Waals surface area contributed by atoms with E-state index in [1.54, 1.807) is 22.9 Å². The SMILES string of the molecule is Nc1nc2cccnc2n1-c1c(Cl)cc(F)cc1Br. The predicted molar refractivity (Wildman–Crippen MR) is 75.9 cm³/mol. The Labute approximate surface area is 121 Å². The van der Waals surface area contributed by atoms with Crippen molar-refractivity contribution in [1.29, 1.82) is 0 Å². The quantitative estimate of drug-likeness (QED) is 0.736. The second-order valence-corrected chi connectivity index (χ2v) is 5.13. The number of benzene rings is 1. The van der Waals surface area contributed by atoms with Crippen LogP contribution in [0.3, 0.4) is 0 Å². The molecular formula is C12H7BrClFN4. The molecule has 3 aromatic rings. The summed E-state index contributed by atoms with van der Waals surface area (Å²) in [4.78, 5) is 8.43. The smallest absolute Gasteiger partial charge is 0.207 e. The van der Waals surface area contributed by atoms with E-state index in [9.17, 15) is 4.39 Å². The Morgan fingerprint density at radius 2 is 2.16 bits per heavy atom. The molecule has 0 bridgehead atoms. The van der Waals surface area contributed by atoms with Gasteiger partial charge in [-0.2, -0.15) is 0 Å². The van der Waals surface area contributed by atoms with Gasteiger partial charge in [0.25, 0.3) is 0 Å². The van der Waals surface area contributed by atoms with Crippen LogP contribution in [0, 0.1) is 5.82 Å². The first kappa shape index (κ1) is 12.4. The van der Waals surface area contributed by atoms with E-state index in [0.29, 0.717) is 21.3 Å². The highest BCUT2D eigenvalue weighted by Gasteiger charge is 2.17. The zero-order chi connectivity index (χ0) is 13.6. The van der Waals surface area contributed by atoms with Crippen LogP contribution < -0.4 is 5.73 Å². The first-order valence-corrected chi connectivity index (χ1v) is 6.49. The van der Waals surface area contributed by atoms with Crippen LogP contribution in [0.25, 0.3) is 16.9 Å². The second kappa shape index (κ2) is 4.47. The molecule has 0 spiro atoms. The lowest BCUT2D eigenvalue weighted by Crippen LogP contribution is -2.03. The van der Waals surface area contributed by atoms with Crippen LogP contribution in [0.4, 0.5) is 10.3 Å². The van der Waals surface area contributed by atoms with Crippen molar-refractivity contribution in [1.82, 2.24) is 14.5 Å². The molecule has 3 rings (SSSR count). The molecule has 4 nitrogen and oxygen atoms in total. The highest BCUT2D eigenvalue weighted by molar-refractivity contribution is 9.10. The number of pyridine rings is 1. The number of nitrogens with two attached hydrogens (primary N) is 1. The standard InChI is InChI=1S/C12H7BrClFN4/c13-7-4-6(15)5-8(14)10(7)19-11-9(18-12(19)16)2-1-3-17-11/h1-5H,(H2,16,18). The van der Waals surface area contributed by atoms with Crippen molar-refractivity contribution in [2.45, 2.75) is 0 Å². The lowest BCUT2D eigenvalue weighted by Gasteiger charge is -2.10. The molecule has 0 saturated carbocycles. The van der Waals surface area contributed by atoms with Gasteiger partial charge >= 0.3 is 0 Å². The Morgan fingerprint density at radius 3 is 2.89 bits per heavy atom. The molecule has 2 heterocycles. The van der Waals surface area contributed by atoms with Gasteiger partial charge in [-0.15, -0.1) is 0 Å². The predicted octanol–water partition coefficient (Wildman–Crippen LogP) is 3.56. The number of hydrogen-bond acceptors (Lipinski definition) is 3. The number of rotatable bonds is 1. The number of imidazole rings is 1. The molecule has 96 valence electrons. The number of aromatic nitrogens is 3. The Hall–Kier alpha value is -1.66. The molecule has 0 amide bonds. The molecule has 19 heavy (non-hydrogen) atoms. The molecule has 0 radical (unpaired) electrons. The molecular weight excluding hydrogens is 335 g/mol. The van der Waals surface area contributed by atoms with Crippen molar-refractivity contribution in [3.8, 4) is 5.69 Å². The summed E-state index contributed by atoms with van der Waals surface area (Å²) in [6.07, 6.45) is 1.63. The normalized spacial score (nSPS) is 11.1. The number of fused-ring (bicyclic) bond motifs is 1. The summed E-state index contributed by atoms with van der Waals surface area (Å²) in [6.45, 7) is 0. The maximum atomic E-state index is 13.3. The third-order valence-corrected chi connectivity index (χ3v) is 3.54. The first-order valence-electron chi connectivity index (χ1n) is 5.32. The fourth-order valence-electron chi connectivity index (χ4n) is 1.90. The lowest BCUT2D eigenvalue weighted by molar-refractivity contribution is 0.626. The molecule has 2 aromatic heterocycles. The molecule has 0 unspecified atom stereocenters. The highest BCUT2D eigenvalue weighted by Crippen LogP contribution is 2.33. The summed E-state index contributed by atoms with van der Waals surface area (Å²) in [7, 11) is 0. The molecule has 0 aliphatic rings. The van der Waals surface area contributed by atoms with Crippen LogP contribution in [0.5, 0.6) is 0 Å². The van der Waals surface area contributed by atoms with E-state index < -0.39 is 5.82 Å². The van der Waals surface area contributed by atoms with Gasteiger partial charge in [-0.1, -0.05) is 11.6 Å². The van der Waals surface area contributed by atoms with Crippen molar-refractivity contribution in [2.75, 3.05) is 5.73 Å². The molecule has 0 aliphatic heterocycles. The molecule has 0 atom stereocenters. The van der Waals surface area contributed by atoms with Gasteiger partial charge in [0.15, 0.2) is 5.65 Å². The second-order valence-electron chi connectivity index (χ2n) is 3.87. The van der Waals surface area contributed by atoms with Crippen LogP contribution in [-0.4, -0.2) is 14.5 Å². The van der Waals surface area contributed by atoms with E-state index >= 15 is 0 Å². The van der Waals surface area contributed by atoms with Crippen molar-refractivity contribution in [2.24, 2.45) is 0 Å². The minimum absolute atomic E-state index is 0.225. The van der Waals surface area contributed by atoms with E-state index in [1.807, 2.05) is 0 Å². The molecule has 1 aromatic carbocycles. The number of anilines is 1. The maximum Gasteiger partial charge on any atom is 0.207 e. The number of hydrogen-bond donors (Lipinski definition) is 1. The first-order chi connectivity index (χ1) is 9.08. The third-order valence-electron chi connectivity index (χ3n) is 2.65. The van der Waals surface area contributed by atoms with Gasteiger partial charge in [-0.3, -0.25) is 4.57 Å². The Morgan fingerprint density at radius 1 is 1.37 bits per heavy atom. The third kappa shape index (κ3) is 1.97. The fourth-order valence-corrected chi connectivity index (χ4v) is 2.91. The van der Waals surface area contributed by atoms with Crippen molar-refractivity contribution < 1.29 is 4.39 Å².